The van der Waals surface area contributed by atoms with Gasteiger partial charge in [0.05, 0.1) is 23.9 Å². The first-order valence-electron chi connectivity index (χ1n) is 7.50. The molecule has 0 radical (unpaired) electrons. The van der Waals surface area contributed by atoms with Crippen LogP contribution in [0.2, 0.25) is 5.02 Å². The predicted molar refractivity (Wildman–Crippen MR) is 89.6 cm³/mol. The zero-order valence-corrected chi connectivity index (χ0v) is 14.3. The standard InChI is InChI=1S/C16H20ClN3O4/c1-3-11(21)8-18-16(22)14-6-10(19-20-14)9-24-15-5-4-12(23-2)7-13(15)17/h4-7,11,21H,3,8-9H2,1-2H3,(H,18,22)(H,19,20)/t11-/m0/s1. The van der Waals surface area contributed by atoms with Gasteiger partial charge in [0.2, 0.25) is 0 Å². The van der Waals surface area contributed by atoms with E-state index in [1.165, 1.54) is 0 Å². The van der Waals surface area contributed by atoms with Gasteiger partial charge in [0, 0.05) is 12.6 Å². The Morgan fingerprint density at radius 1 is 1.46 bits per heavy atom. The van der Waals surface area contributed by atoms with Gasteiger partial charge in [-0.3, -0.25) is 9.89 Å². The van der Waals surface area contributed by atoms with Crippen molar-refractivity contribution in [3.05, 3.63) is 40.7 Å². The Labute approximate surface area is 144 Å². The first-order chi connectivity index (χ1) is 11.5. The van der Waals surface area contributed by atoms with E-state index in [1.807, 2.05) is 6.92 Å². The van der Waals surface area contributed by atoms with Gasteiger partial charge in [-0.2, -0.15) is 5.10 Å². The van der Waals surface area contributed by atoms with Crippen LogP contribution in [0.5, 0.6) is 11.5 Å². The average molecular weight is 354 g/mol. The summed E-state index contributed by atoms with van der Waals surface area (Å²) in [5, 5.41) is 19.2. The molecule has 1 aromatic heterocycles. The van der Waals surface area contributed by atoms with Crippen molar-refractivity contribution in [1.29, 1.82) is 0 Å². The maximum Gasteiger partial charge on any atom is 0.271 e. The van der Waals surface area contributed by atoms with Crippen molar-refractivity contribution in [3.8, 4) is 11.5 Å². The monoisotopic (exact) mass is 353 g/mol. The van der Waals surface area contributed by atoms with Gasteiger partial charge in [-0.1, -0.05) is 18.5 Å². The summed E-state index contributed by atoms with van der Waals surface area (Å²) in [7, 11) is 1.56. The highest BCUT2D eigenvalue weighted by atomic mass is 35.5. The molecule has 0 saturated heterocycles. The first-order valence-corrected chi connectivity index (χ1v) is 7.88. The van der Waals surface area contributed by atoms with Crippen molar-refractivity contribution in [2.24, 2.45) is 0 Å². The first kappa shape index (κ1) is 18.1. The largest absolute Gasteiger partial charge is 0.497 e. The second-order valence-electron chi connectivity index (χ2n) is 5.14. The van der Waals surface area contributed by atoms with Gasteiger partial charge in [0.15, 0.2) is 0 Å². The van der Waals surface area contributed by atoms with E-state index < -0.39 is 6.10 Å². The molecule has 130 valence electrons. The number of benzene rings is 1. The van der Waals surface area contributed by atoms with Crippen LogP contribution in [0.1, 0.15) is 29.5 Å². The van der Waals surface area contributed by atoms with Crippen LogP contribution in [0.25, 0.3) is 0 Å². The third kappa shape index (κ3) is 4.87. The van der Waals surface area contributed by atoms with Gasteiger partial charge >= 0.3 is 0 Å². The molecular formula is C16H20ClN3O4. The maximum absolute atomic E-state index is 11.9. The van der Waals surface area contributed by atoms with Gasteiger partial charge in [0.25, 0.3) is 5.91 Å². The molecule has 0 spiro atoms. The van der Waals surface area contributed by atoms with Gasteiger partial charge in [-0.15, -0.1) is 0 Å². The minimum absolute atomic E-state index is 0.184. The fraction of sp³-hybridized carbons (Fsp3) is 0.375. The SMILES string of the molecule is CC[C@H](O)CNC(=O)c1cc(COc2ccc(OC)cc2Cl)[nH]n1. The number of nitrogens with one attached hydrogen (secondary N) is 2. The van der Waals surface area contributed by atoms with E-state index in [4.69, 9.17) is 21.1 Å². The van der Waals surface area contributed by atoms with Crippen LogP contribution < -0.4 is 14.8 Å². The summed E-state index contributed by atoms with van der Waals surface area (Å²) in [6.07, 6.45) is 0.00986. The van der Waals surface area contributed by atoms with Crippen molar-refractivity contribution < 1.29 is 19.4 Å². The number of hydrogen-bond acceptors (Lipinski definition) is 5. The molecule has 3 N–H and O–H groups in total. The Bertz CT molecular complexity index is 690. The van der Waals surface area contributed by atoms with Crippen molar-refractivity contribution in [2.75, 3.05) is 13.7 Å². The lowest BCUT2D eigenvalue weighted by Gasteiger charge is -2.08. The number of H-pyrrole nitrogens is 1. The van der Waals surface area contributed by atoms with E-state index in [2.05, 4.69) is 15.5 Å². The Morgan fingerprint density at radius 2 is 2.25 bits per heavy atom. The van der Waals surface area contributed by atoms with E-state index in [9.17, 15) is 9.90 Å². The quantitative estimate of drug-likeness (QED) is 0.675. The van der Waals surface area contributed by atoms with Gasteiger partial charge < -0.3 is 19.9 Å². The fourth-order valence-corrected chi connectivity index (χ4v) is 2.10. The van der Waals surface area contributed by atoms with Crippen molar-refractivity contribution in [2.45, 2.75) is 26.1 Å². The predicted octanol–water partition coefficient (Wildman–Crippen LogP) is 2.15. The van der Waals surface area contributed by atoms with Crippen LogP contribution in [0.4, 0.5) is 0 Å². The number of carbonyl (C=O) groups is 1. The molecule has 1 aromatic carbocycles. The molecule has 0 fully saturated rings. The molecule has 0 aliphatic heterocycles. The molecular weight excluding hydrogens is 334 g/mol. The Kier molecular flexibility index (Phi) is 6.45. The topological polar surface area (TPSA) is 96.5 Å². The number of aromatic amines is 1. The summed E-state index contributed by atoms with van der Waals surface area (Å²) in [5.41, 5.74) is 0.862. The second-order valence-corrected chi connectivity index (χ2v) is 5.54. The van der Waals surface area contributed by atoms with Crippen LogP contribution in [0.15, 0.2) is 24.3 Å². The lowest BCUT2D eigenvalue weighted by Crippen LogP contribution is -2.31. The number of rotatable bonds is 8. The van der Waals surface area contributed by atoms with Gasteiger partial charge in [-0.25, -0.2) is 0 Å². The van der Waals surface area contributed by atoms with Crippen LogP contribution >= 0.6 is 11.6 Å². The summed E-state index contributed by atoms with van der Waals surface area (Å²) in [6.45, 7) is 2.21. The van der Waals surface area contributed by atoms with Crippen LogP contribution in [-0.2, 0) is 6.61 Å². The molecule has 8 heteroatoms. The molecule has 0 saturated carbocycles. The molecule has 2 aromatic rings. The molecule has 2 rings (SSSR count). The van der Waals surface area contributed by atoms with E-state index >= 15 is 0 Å². The molecule has 0 aliphatic carbocycles. The Hall–Kier alpha value is -2.25. The number of amides is 1. The number of hydrogen-bond donors (Lipinski definition) is 3. The molecule has 1 atom stereocenters. The zero-order chi connectivity index (χ0) is 17.5. The Morgan fingerprint density at radius 3 is 2.92 bits per heavy atom. The molecule has 24 heavy (non-hydrogen) atoms. The van der Waals surface area contributed by atoms with E-state index in [1.54, 1.807) is 31.4 Å². The number of carbonyl (C=O) groups excluding carboxylic acids is 1. The fourth-order valence-electron chi connectivity index (χ4n) is 1.88. The lowest BCUT2D eigenvalue weighted by molar-refractivity contribution is 0.0909. The number of aromatic nitrogens is 2. The molecule has 1 amide bonds. The molecule has 1 heterocycles. The van der Waals surface area contributed by atoms with Crippen molar-refractivity contribution in [3.63, 3.8) is 0 Å². The smallest absolute Gasteiger partial charge is 0.271 e. The minimum Gasteiger partial charge on any atom is -0.497 e. The number of aliphatic hydroxyl groups is 1. The minimum atomic E-state index is -0.562. The maximum atomic E-state index is 11.9. The average Bonchev–Trinajstić information content (AvgIpc) is 3.07. The van der Waals surface area contributed by atoms with Crippen LogP contribution in [-0.4, -0.2) is 41.0 Å². The summed E-state index contributed by atoms with van der Waals surface area (Å²) in [5.74, 6) is 0.790. The third-order valence-corrected chi connectivity index (χ3v) is 3.65. The summed E-state index contributed by atoms with van der Waals surface area (Å²) in [6, 6.07) is 6.69. The number of ether oxygens (including phenoxy) is 2. The number of methoxy groups -OCH3 is 1. The third-order valence-electron chi connectivity index (χ3n) is 3.36. The zero-order valence-electron chi connectivity index (χ0n) is 13.5. The number of aliphatic hydroxyl groups excluding tert-OH is 1. The highest BCUT2D eigenvalue weighted by Gasteiger charge is 2.12. The number of halogens is 1. The molecule has 0 unspecified atom stereocenters. The van der Waals surface area contributed by atoms with Crippen molar-refractivity contribution >= 4 is 17.5 Å². The van der Waals surface area contributed by atoms with Crippen molar-refractivity contribution in [1.82, 2.24) is 15.5 Å². The summed E-state index contributed by atoms with van der Waals surface area (Å²) >= 11 is 6.10. The highest BCUT2D eigenvalue weighted by Crippen LogP contribution is 2.29. The Balaban J connectivity index is 1.90. The summed E-state index contributed by atoms with van der Waals surface area (Å²) < 4.78 is 10.7. The molecule has 0 bridgehead atoms. The van der Waals surface area contributed by atoms with E-state index in [-0.39, 0.29) is 24.8 Å². The van der Waals surface area contributed by atoms with Crippen LogP contribution in [0, 0.1) is 0 Å². The normalized spacial score (nSPS) is 11.8. The van der Waals surface area contributed by atoms with Crippen LogP contribution in [0.3, 0.4) is 0 Å². The lowest BCUT2D eigenvalue weighted by atomic mass is 10.2. The second kappa shape index (κ2) is 8.56. The molecule has 7 nitrogen and oxygen atoms in total. The highest BCUT2D eigenvalue weighted by molar-refractivity contribution is 6.32. The number of nitrogens with zero attached hydrogens (tertiary/aromatic N) is 1. The molecule has 0 aliphatic rings. The summed E-state index contributed by atoms with van der Waals surface area (Å²) in [4.78, 5) is 11.9. The van der Waals surface area contributed by atoms with Gasteiger partial charge in [0.1, 0.15) is 23.8 Å². The van der Waals surface area contributed by atoms with E-state index in [0.29, 0.717) is 28.6 Å². The van der Waals surface area contributed by atoms with Gasteiger partial charge in [-0.05, 0) is 24.6 Å². The van der Waals surface area contributed by atoms with E-state index in [0.717, 1.165) is 0 Å².